The van der Waals surface area contributed by atoms with Gasteiger partial charge in [-0.25, -0.2) is 4.98 Å². The Morgan fingerprint density at radius 2 is 2.16 bits per heavy atom. The first-order chi connectivity index (χ1) is 12.2. The fourth-order valence-corrected chi connectivity index (χ4v) is 3.17. The minimum absolute atomic E-state index is 0.170. The van der Waals surface area contributed by atoms with Gasteiger partial charge in [0.2, 0.25) is 5.91 Å². The number of nitrogens with zero attached hydrogens (tertiary/aromatic N) is 3. The van der Waals surface area contributed by atoms with Gasteiger partial charge in [0.15, 0.2) is 5.96 Å². The number of hydrogen-bond acceptors (Lipinski definition) is 4. The molecule has 1 unspecified atom stereocenters. The Bertz CT molecular complexity index is 633. The molecule has 1 aliphatic carbocycles. The van der Waals surface area contributed by atoms with Crippen LogP contribution in [0, 0.1) is 5.92 Å². The highest BCUT2D eigenvalue weighted by Crippen LogP contribution is 2.28. The van der Waals surface area contributed by atoms with Gasteiger partial charge in [-0.3, -0.25) is 9.79 Å². The lowest BCUT2D eigenvalue weighted by atomic mass is 10.3. The summed E-state index contributed by atoms with van der Waals surface area (Å²) in [6.07, 6.45) is 4.81. The maximum absolute atomic E-state index is 11.6. The molecule has 1 atom stereocenters. The van der Waals surface area contributed by atoms with Crippen molar-refractivity contribution >= 4 is 29.3 Å². The van der Waals surface area contributed by atoms with Gasteiger partial charge in [-0.2, -0.15) is 0 Å². The van der Waals surface area contributed by atoms with Gasteiger partial charge in [0.25, 0.3) is 0 Å². The number of halogens is 1. The molecule has 25 heavy (non-hydrogen) atoms. The van der Waals surface area contributed by atoms with Crippen molar-refractivity contribution in [3.8, 4) is 0 Å². The second-order valence-electron chi connectivity index (χ2n) is 6.45. The van der Waals surface area contributed by atoms with Gasteiger partial charge in [-0.1, -0.05) is 11.6 Å². The molecule has 1 amide bonds. The minimum Gasteiger partial charge on any atom is -0.355 e. The monoisotopic (exact) mass is 364 g/mol. The summed E-state index contributed by atoms with van der Waals surface area (Å²) in [5.41, 5.74) is 0. The van der Waals surface area contributed by atoms with Crippen LogP contribution in [0.4, 0.5) is 5.82 Å². The van der Waals surface area contributed by atoms with Crippen LogP contribution in [0.25, 0.3) is 0 Å². The van der Waals surface area contributed by atoms with Gasteiger partial charge in [0.1, 0.15) is 5.82 Å². The van der Waals surface area contributed by atoms with Crippen LogP contribution in [-0.2, 0) is 4.79 Å². The summed E-state index contributed by atoms with van der Waals surface area (Å²) in [6.45, 7) is 3.00. The van der Waals surface area contributed by atoms with E-state index >= 15 is 0 Å². The van der Waals surface area contributed by atoms with E-state index in [1.54, 1.807) is 13.2 Å². The normalized spacial score (nSPS) is 20.5. The predicted molar refractivity (Wildman–Crippen MR) is 100 cm³/mol. The van der Waals surface area contributed by atoms with Gasteiger partial charge in [0, 0.05) is 51.4 Å². The zero-order chi connectivity index (χ0) is 17.6. The molecule has 2 fully saturated rings. The summed E-state index contributed by atoms with van der Waals surface area (Å²) in [4.78, 5) is 22.4. The molecular formula is C17H25ClN6O. The zero-order valence-electron chi connectivity index (χ0n) is 14.5. The molecule has 2 aliphatic rings. The van der Waals surface area contributed by atoms with E-state index in [9.17, 15) is 4.79 Å². The van der Waals surface area contributed by atoms with E-state index in [4.69, 9.17) is 11.6 Å². The van der Waals surface area contributed by atoms with Crippen molar-refractivity contribution in [1.82, 2.24) is 20.9 Å². The summed E-state index contributed by atoms with van der Waals surface area (Å²) >= 11 is 6.23. The molecule has 0 spiro atoms. The second-order valence-corrected chi connectivity index (χ2v) is 6.86. The molecule has 8 heteroatoms. The lowest BCUT2D eigenvalue weighted by Crippen LogP contribution is -2.46. The number of hydrogen-bond donors (Lipinski definition) is 3. The van der Waals surface area contributed by atoms with E-state index < -0.39 is 0 Å². The third-order valence-corrected chi connectivity index (χ3v) is 4.75. The van der Waals surface area contributed by atoms with Crippen LogP contribution in [-0.4, -0.2) is 56.1 Å². The van der Waals surface area contributed by atoms with E-state index in [2.05, 4.69) is 30.8 Å². The number of carbonyl (C=O) groups is 1. The van der Waals surface area contributed by atoms with Crippen molar-refractivity contribution in [1.29, 1.82) is 0 Å². The van der Waals surface area contributed by atoms with Crippen molar-refractivity contribution in [3.63, 3.8) is 0 Å². The highest BCUT2D eigenvalue weighted by molar-refractivity contribution is 6.32. The number of aliphatic imine (C=N–C) groups is 1. The number of carbonyl (C=O) groups excluding carboxylic acids is 1. The molecule has 2 heterocycles. The SMILES string of the molecule is CN=C(NCCNC(=O)C1CC1)NC1CCN(c2ncccc2Cl)C1. The van der Waals surface area contributed by atoms with E-state index in [0.717, 1.165) is 44.1 Å². The largest absolute Gasteiger partial charge is 0.355 e. The Morgan fingerprint density at radius 3 is 2.88 bits per heavy atom. The predicted octanol–water partition coefficient (Wildman–Crippen LogP) is 1.00. The molecule has 136 valence electrons. The van der Waals surface area contributed by atoms with Crippen LogP contribution < -0.4 is 20.9 Å². The number of nitrogens with one attached hydrogen (secondary N) is 3. The molecule has 1 saturated carbocycles. The van der Waals surface area contributed by atoms with Gasteiger partial charge in [-0.15, -0.1) is 0 Å². The van der Waals surface area contributed by atoms with Crippen molar-refractivity contribution in [3.05, 3.63) is 23.4 Å². The standard InChI is InChI=1S/C17H25ClN6O/c1-19-17(22-9-8-21-16(25)12-4-5-12)23-13-6-10-24(11-13)15-14(18)3-2-7-20-15/h2-3,7,12-13H,4-6,8-11H2,1H3,(H,21,25)(H2,19,22,23). The number of amides is 1. The summed E-state index contributed by atoms with van der Waals surface area (Å²) in [5, 5.41) is 10.3. The van der Waals surface area contributed by atoms with Gasteiger partial charge in [0.05, 0.1) is 5.02 Å². The zero-order valence-corrected chi connectivity index (χ0v) is 15.2. The van der Waals surface area contributed by atoms with Crippen LogP contribution in [0.3, 0.4) is 0 Å². The van der Waals surface area contributed by atoms with Gasteiger partial charge < -0.3 is 20.9 Å². The number of rotatable bonds is 6. The lowest BCUT2D eigenvalue weighted by Gasteiger charge is -2.20. The molecule has 1 aromatic heterocycles. The van der Waals surface area contributed by atoms with E-state index in [1.165, 1.54) is 0 Å². The van der Waals surface area contributed by atoms with Gasteiger partial charge in [-0.05, 0) is 31.4 Å². The fraction of sp³-hybridized carbons (Fsp3) is 0.588. The molecule has 3 N–H and O–H groups in total. The third-order valence-electron chi connectivity index (χ3n) is 4.46. The summed E-state index contributed by atoms with van der Waals surface area (Å²) in [6, 6.07) is 3.98. The number of pyridine rings is 1. The highest BCUT2D eigenvalue weighted by atomic mass is 35.5. The molecular weight excluding hydrogens is 340 g/mol. The molecule has 1 aliphatic heterocycles. The Balaban J connectivity index is 1.40. The number of anilines is 1. The highest BCUT2D eigenvalue weighted by Gasteiger charge is 2.29. The first kappa shape index (κ1) is 17.8. The van der Waals surface area contributed by atoms with Crippen LogP contribution in [0.2, 0.25) is 5.02 Å². The second kappa shape index (κ2) is 8.38. The average Bonchev–Trinajstić information content (AvgIpc) is 3.37. The van der Waals surface area contributed by atoms with Crippen LogP contribution in [0.15, 0.2) is 23.3 Å². The third kappa shape index (κ3) is 4.98. The maximum Gasteiger partial charge on any atom is 0.223 e. The fourth-order valence-electron chi connectivity index (χ4n) is 2.92. The molecule has 0 aromatic carbocycles. The molecule has 0 bridgehead atoms. The van der Waals surface area contributed by atoms with E-state index in [0.29, 0.717) is 18.1 Å². The Labute approximate surface area is 153 Å². The molecule has 3 rings (SSSR count). The number of aromatic nitrogens is 1. The first-order valence-electron chi connectivity index (χ1n) is 8.77. The molecule has 0 radical (unpaired) electrons. The maximum atomic E-state index is 11.6. The Kier molecular flexibility index (Phi) is 5.96. The van der Waals surface area contributed by atoms with Crippen molar-refractivity contribution < 1.29 is 4.79 Å². The molecule has 1 saturated heterocycles. The molecule has 7 nitrogen and oxygen atoms in total. The summed E-state index contributed by atoms with van der Waals surface area (Å²) in [7, 11) is 1.75. The van der Waals surface area contributed by atoms with Crippen molar-refractivity contribution in [2.45, 2.75) is 25.3 Å². The first-order valence-corrected chi connectivity index (χ1v) is 9.15. The average molecular weight is 365 g/mol. The lowest BCUT2D eigenvalue weighted by molar-refractivity contribution is -0.122. The smallest absolute Gasteiger partial charge is 0.223 e. The minimum atomic E-state index is 0.170. The summed E-state index contributed by atoms with van der Waals surface area (Å²) in [5.74, 6) is 2.00. The molecule has 1 aromatic rings. The topological polar surface area (TPSA) is 81.6 Å². The van der Waals surface area contributed by atoms with Crippen LogP contribution >= 0.6 is 11.6 Å². The summed E-state index contributed by atoms with van der Waals surface area (Å²) < 4.78 is 0. The van der Waals surface area contributed by atoms with Crippen molar-refractivity contribution in [2.24, 2.45) is 10.9 Å². The Morgan fingerprint density at radius 1 is 1.36 bits per heavy atom. The van der Waals surface area contributed by atoms with Gasteiger partial charge >= 0.3 is 0 Å². The quantitative estimate of drug-likeness (QED) is 0.398. The van der Waals surface area contributed by atoms with Crippen LogP contribution in [0.5, 0.6) is 0 Å². The van der Waals surface area contributed by atoms with Crippen LogP contribution in [0.1, 0.15) is 19.3 Å². The van der Waals surface area contributed by atoms with E-state index in [1.807, 2.05) is 12.1 Å². The number of guanidine groups is 1. The van der Waals surface area contributed by atoms with Crippen molar-refractivity contribution in [2.75, 3.05) is 38.1 Å². The van der Waals surface area contributed by atoms with E-state index in [-0.39, 0.29) is 17.9 Å². The Hall–Kier alpha value is -2.02.